The number of hydrogen-bond acceptors (Lipinski definition) is 5. The van der Waals surface area contributed by atoms with E-state index in [0.717, 1.165) is 23.2 Å². The van der Waals surface area contributed by atoms with Crippen LogP contribution in [0.3, 0.4) is 0 Å². The molecule has 3 amide bonds. The van der Waals surface area contributed by atoms with Gasteiger partial charge >= 0.3 is 6.09 Å². The summed E-state index contributed by atoms with van der Waals surface area (Å²) in [6, 6.07) is 9.89. The number of carbonyl (C=O) groups is 3. The first-order chi connectivity index (χ1) is 18.4. The summed E-state index contributed by atoms with van der Waals surface area (Å²) in [5.41, 5.74) is 9.20. The van der Waals surface area contributed by atoms with Crippen molar-refractivity contribution in [2.24, 2.45) is 29.4 Å². The molecule has 0 aromatic heterocycles. The summed E-state index contributed by atoms with van der Waals surface area (Å²) in [5.74, 6) is 0.664. The van der Waals surface area contributed by atoms with Gasteiger partial charge in [-0.3, -0.25) is 14.5 Å². The molecule has 2 bridgehead atoms. The van der Waals surface area contributed by atoms with Crippen molar-refractivity contribution in [1.82, 2.24) is 10.2 Å². The second-order valence-electron chi connectivity index (χ2n) is 12.5. The SMILES string of the molecule is CC1C2C3CC(C12)N(C(=O)OC(C)(C)C)C3C(=O)NC(N)Cc1ccc(-c2ccc3c(c2)CC(=O)N3)cc1F. The van der Waals surface area contributed by atoms with Gasteiger partial charge in [0, 0.05) is 18.2 Å². The van der Waals surface area contributed by atoms with Crippen LogP contribution in [0.2, 0.25) is 0 Å². The number of anilines is 1. The number of carbonyl (C=O) groups excluding carboxylic acids is 3. The molecular formula is C30H35FN4O4. The van der Waals surface area contributed by atoms with Gasteiger partial charge in [0.2, 0.25) is 11.8 Å². The van der Waals surface area contributed by atoms with Crippen molar-refractivity contribution < 1.29 is 23.5 Å². The molecule has 2 aromatic rings. The van der Waals surface area contributed by atoms with Gasteiger partial charge in [-0.1, -0.05) is 25.1 Å². The summed E-state index contributed by atoms with van der Waals surface area (Å²) >= 11 is 0. The third-order valence-electron chi connectivity index (χ3n) is 8.79. The monoisotopic (exact) mass is 534 g/mol. The van der Waals surface area contributed by atoms with Crippen LogP contribution in [0, 0.1) is 29.5 Å². The minimum atomic E-state index is -0.818. The molecule has 7 atom stereocenters. The average Bonchev–Trinajstić information content (AvgIpc) is 3.17. The predicted octanol–water partition coefficient (Wildman–Crippen LogP) is 3.82. The topological polar surface area (TPSA) is 114 Å². The number of ether oxygens (including phenoxy) is 1. The van der Waals surface area contributed by atoms with E-state index in [2.05, 4.69) is 17.6 Å². The number of halogens is 1. The first-order valence-corrected chi connectivity index (χ1v) is 13.7. The van der Waals surface area contributed by atoms with Crippen molar-refractivity contribution in [2.45, 2.75) is 70.8 Å². The van der Waals surface area contributed by atoms with Crippen molar-refractivity contribution in [1.29, 1.82) is 0 Å². The lowest BCUT2D eigenvalue weighted by molar-refractivity contribution is -0.128. The number of nitrogens with one attached hydrogen (secondary N) is 2. The summed E-state index contributed by atoms with van der Waals surface area (Å²) in [6.45, 7) is 7.62. The Hall–Kier alpha value is -3.46. The molecule has 7 unspecified atom stereocenters. The van der Waals surface area contributed by atoms with E-state index in [0.29, 0.717) is 35.3 Å². The number of piperidine rings is 1. The number of rotatable bonds is 5. The van der Waals surface area contributed by atoms with Gasteiger partial charge in [-0.2, -0.15) is 0 Å². The standard InChI is InChI=1S/C30H35FN4O4/c1-14-25-19-13-22(26(14)25)35(29(38)39-30(2,3)4)27(19)28(37)34-23(32)11-17-6-5-16(10-20(17)31)15-7-8-21-18(9-15)12-24(36)33-21/h5-10,14,19,22-23,25-27H,11-13,32H2,1-4H3,(H,33,36)(H,34,37). The molecule has 0 radical (unpaired) electrons. The molecule has 9 heteroatoms. The quantitative estimate of drug-likeness (QED) is 0.505. The molecule has 6 rings (SSSR count). The van der Waals surface area contributed by atoms with Crippen molar-refractivity contribution >= 4 is 23.6 Å². The van der Waals surface area contributed by atoms with Crippen LogP contribution in [0.4, 0.5) is 14.9 Å². The highest BCUT2D eigenvalue weighted by molar-refractivity contribution is 5.99. The fraction of sp³-hybridized carbons (Fsp3) is 0.500. The number of nitrogens with two attached hydrogens (primary N) is 1. The molecule has 39 heavy (non-hydrogen) atoms. The van der Waals surface area contributed by atoms with E-state index < -0.39 is 29.7 Å². The van der Waals surface area contributed by atoms with Crippen LogP contribution < -0.4 is 16.4 Å². The maximum Gasteiger partial charge on any atom is 0.411 e. The molecule has 206 valence electrons. The third-order valence-corrected chi connectivity index (χ3v) is 8.79. The van der Waals surface area contributed by atoms with E-state index >= 15 is 4.39 Å². The Morgan fingerprint density at radius 2 is 1.90 bits per heavy atom. The van der Waals surface area contributed by atoms with Crippen LogP contribution in [0.15, 0.2) is 36.4 Å². The summed E-state index contributed by atoms with van der Waals surface area (Å²) < 4.78 is 20.8. The fourth-order valence-corrected chi connectivity index (χ4v) is 7.19. The number of amides is 3. The normalized spacial score (nSPS) is 29.0. The number of hydrogen-bond donors (Lipinski definition) is 3. The second-order valence-corrected chi connectivity index (χ2v) is 12.5. The first-order valence-electron chi connectivity index (χ1n) is 13.7. The lowest BCUT2D eigenvalue weighted by Crippen LogP contribution is -2.57. The molecule has 3 fully saturated rings. The smallest absolute Gasteiger partial charge is 0.411 e. The highest BCUT2D eigenvalue weighted by Gasteiger charge is 2.71. The molecule has 2 aliphatic carbocycles. The zero-order valence-corrected chi connectivity index (χ0v) is 22.7. The molecule has 2 aliphatic heterocycles. The van der Waals surface area contributed by atoms with Crippen molar-refractivity contribution in [3.05, 3.63) is 53.3 Å². The Balaban J connectivity index is 1.13. The lowest BCUT2D eigenvalue weighted by Gasteiger charge is -2.35. The maximum absolute atomic E-state index is 15.1. The van der Waals surface area contributed by atoms with Crippen molar-refractivity contribution in [3.63, 3.8) is 0 Å². The van der Waals surface area contributed by atoms with Gasteiger partial charge in [-0.25, -0.2) is 9.18 Å². The third kappa shape index (κ3) is 4.56. The Morgan fingerprint density at radius 3 is 2.62 bits per heavy atom. The molecule has 1 saturated heterocycles. The summed E-state index contributed by atoms with van der Waals surface area (Å²) in [7, 11) is 0. The largest absolute Gasteiger partial charge is 0.444 e. The van der Waals surface area contributed by atoms with E-state index in [1.165, 1.54) is 6.07 Å². The summed E-state index contributed by atoms with van der Waals surface area (Å²) in [5, 5.41) is 5.64. The Morgan fingerprint density at radius 1 is 1.18 bits per heavy atom. The van der Waals surface area contributed by atoms with Crippen molar-refractivity contribution in [2.75, 3.05) is 5.32 Å². The number of likely N-dealkylation sites (tertiary alicyclic amines) is 1. The molecule has 4 N–H and O–H groups in total. The van der Waals surface area contributed by atoms with Crippen molar-refractivity contribution in [3.8, 4) is 11.1 Å². The fourth-order valence-electron chi connectivity index (χ4n) is 7.19. The van der Waals surface area contributed by atoms with Gasteiger partial charge < -0.3 is 21.1 Å². The van der Waals surface area contributed by atoms with Crippen LogP contribution in [0.1, 0.15) is 45.2 Å². The van der Waals surface area contributed by atoms with E-state index in [1.807, 2.05) is 45.0 Å². The molecule has 2 aromatic carbocycles. The molecule has 4 aliphatic rings. The highest BCUT2D eigenvalue weighted by Crippen LogP contribution is 2.67. The van der Waals surface area contributed by atoms with E-state index in [9.17, 15) is 14.4 Å². The van der Waals surface area contributed by atoms with E-state index in [4.69, 9.17) is 10.5 Å². The molecule has 2 saturated carbocycles. The van der Waals surface area contributed by atoms with E-state index in [-0.39, 0.29) is 30.2 Å². The van der Waals surface area contributed by atoms with Crippen LogP contribution in [0.25, 0.3) is 11.1 Å². The minimum Gasteiger partial charge on any atom is -0.444 e. The summed E-state index contributed by atoms with van der Waals surface area (Å²) in [4.78, 5) is 39.9. The zero-order valence-electron chi connectivity index (χ0n) is 22.7. The van der Waals surface area contributed by atoms with Gasteiger partial charge in [0.25, 0.3) is 0 Å². The Bertz CT molecular complexity index is 1370. The number of nitrogens with zero attached hydrogens (tertiary/aromatic N) is 1. The van der Waals surface area contributed by atoms with Crippen LogP contribution in [0.5, 0.6) is 0 Å². The zero-order chi connectivity index (χ0) is 27.8. The highest BCUT2D eigenvalue weighted by atomic mass is 19.1. The van der Waals surface area contributed by atoms with Gasteiger partial charge in [0.15, 0.2) is 0 Å². The maximum atomic E-state index is 15.1. The van der Waals surface area contributed by atoms with E-state index in [1.54, 1.807) is 11.0 Å². The second kappa shape index (κ2) is 9.05. The van der Waals surface area contributed by atoms with Crippen LogP contribution >= 0.6 is 0 Å². The molecule has 0 spiro atoms. The number of fused-ring (bicyclic) bond motifs is 6. The van der Waals surface area contributed by atoms with Crippen LogP contribution in [-0.4, -0.2) is 46.7 Å². The first kappa shape index (κ1) is 25.8. The number of benzene rings is 2. The van der Waals surface area contributed by atoms with Gasteiger partial charge in [0.1, 0.15) is 17.5 Å². The van der Waals surface area contributed by atoms with Gasteiger partial charge in [-0.05, 0) is 91.3 Å². The molecule has 2 heterocycles. The minimum absolute atomic E-state index is 0.00920. The predicted molar refractivity (Wildman–Crippen MR) is 144 cm³/mol. The van der Waals surface area contributed by atoms with Gasteiger partial charge in [0.05, 0.1) is 12.6 Å². The average molecular weight is 535 g/mol. The molecular weight excluding hydrogens is 499 g/mol. The van der Waals surface area contributed by atoms with Crippen LogP contribution in [-0.2, 0) is 27.2 Å². The van der Waals surface area contributed by atoms with Gasteiger partial charge in [-0.15, -0.1) is 0 Å². The Labute approximate surface area is 227 Å². The summed E-state index contributed by atoms with van der Waals surface area (Å²) in [6.07, 6.45) is -0.0607. The Kier molecular flexibility index (Phi) is 5.98. The lowest BCUT2D eigenvalue weighted by atomic mass is 9.94. The molecule has 8 nitrogen and oxygen atoms in total.